The molecule has 3 heteroatoms. The molecule has 19 heavy (non-hydrogen) atoms. The van der Waals surface area contributed by atoms with Crippen LogP contribution in [0.3, 0.4) is 0 Å². The summed E-state index contributed by atoms with van der Waals surface area (Å²) in [6, 6.07) is 11.4. The van der Waals surface area contributed by atoms with E-state index in [9.17, 15) is 0 Å². The quantitative estimate of drug-likeness (QED) is 0.839. The molecule has 3 rings (SSSR count). The van der Waals surface area contributed by atoms with E-state index in [0.29, 0.717) is 0 Å². The van der Waals surface area contributed by atoms with Gasteiger partial charge in [0.25, 0.3) is 0 Å². The molecule has 2 aromatic rings. The normalized spacial score (nSPS) is 15.1. The highest BCUT2D eigenvalue weighted by Gasteiger charge is 2.29. The second-order valence-corrected chi connectivity index (χ2v) is 6.38. The van der Waals surface area contributed by atoms with Crippen molar-refractivity contribution in [3.8, 4) is 0 Å². The van der Waals surface area contributed by atoms with E-state index in [-0.39, 0.29) is 0 Å². The van der Waals surface area contributed by atoms with Gasteiger partial charge in [0, 0.05) is 29.7 Å². The van der Waals surface area contributed by atoms with Crippen molar-refractivity contribution in [3.05, 3.63) is 51.7 Å². The molecule has 0 radical (unpaired) electrons. The Morgan fingerprint density at radius 2 is 2.05 bits per heavy atom. The van der Waals surface area contributed by atoms with Gasteiger partial charge >= 0.3 is 0 Å². The van der Waals surface area contributed by atoms with Crippen LogP contribution in [-0.2, 0) is 13.1 Å². The van der Waals surface area contributed by atoms with Crippen molar-refractivity contribution in [1.82, 2.24) is 4.90 Å². The van der Waals surface area contributed by atoms with Crippen LogP contribution in [0.5, 0.6) is 0 Å². The zero-order valence-electron chi connectivity index (χ0n) is 11.3. The van der Waals surface area contributed by atoms with E-state index in [4.69, 9.17) is 5.73 Å². The third-order valence-corrected chi connectivity index (χ3v) is 4.72. The molecule has 1 aromatic carbocycles. The zero-order valence-corrected chi connectivity index (χ0v) is 12.1. The third-order valence-electron chi connectivity index (χ3n) is 3.86. The highest BCUT2D eigenvalue weighted by atomic mass is 32.1. The summed E-state index contributed by atoms with van der Waals surface area (Å²) < 4.78 is 0. The molecule has 0 bridgehead atoms. The monoisotopic (exact) mass is 272 g/mol. The molecule has 1 heterocycles. The van der Waals surface area contributed by atoms with Crippen molar-refractivity contribution < 1.29 is 0 Å². The number of nitrogens with two attached hydrogens (primary N) is 1. The van der Waals surface area contributed by atoms with Crippen molar-refractivity contribution in [1.29, 1.82) is 0 Å². The molecule has 1 aliphatic carbocycles. The summed E-state index contributed by atoms with van der Waals surface area (Å²) in [4.78, 5) is 4.04. The van der Waals surface area contributed by atoms with Crippen LogP contribution in [0.25, 0.3) is 0 Å². The first-order valence-electron chi connectivity index (χ1n) is 6.84. The van der Waals surface area contributed by atoms with Gasteiger partial charge < -0.3 is 5.73 Å². The van der Waals surface area contributed by atoms with Crippen LogP contribution in [0, 0.1) is 6.92 Å². The summed E-state index contributed by atoms with van der Waals surface area (Å²) in [5.41, 5.74) is 9.51. The Hall–Kier alpha value is -1.32. The molecule has 100 valence electrons. The Morgan fingerprint density at radius 1 is 1.21 bits per heavy atom. The number of nitrogen functional groups attached to an aromatic ring is 1. The lowest BCUT2D eigenvalue weighted by Crippen LogP contribution is -2.25. The van der Waals surface area contributed by atoms with Crippen LogP contribution in [0.15, 0.2) is 35.7 Å². The number of thiophene rings is 1. The smallest absolute Gasteiger partial charge is 0.0346 e. The van der Waals surface area contributed by atoms with Gasteiger partial charge in [0.2, 0.25) is 0 Å². The first-order chi connectivity index (χ1) is 9.24. The summed E-state index contributed by atoms with van der Waals surface area (Å²) in [5, 5.41) is 2.16. The third kappa shape index (κ3) is 2.99. The van der Waals surface area contributed by atoms with Crippen LogP contribution in [-0.4, -0.2) is 10.9 Å². The summed E-state index contributed by atoms with van der Waals surface area (Å²) in [6.45, 7) is 4.21. The lowest BCUT2D eigenvalue weighted by atomic mass is 10.1. The largest absolute Gasteiger partial charge is 0.399 e. The zero-order chi connectivity index (χ0) is 13.2. The van der Waals surface area contributed by atoms with E-state index in [1.54, 1.807) is 0 Å². The van der Waals surface area contributed by atoms with Crippen LogP contribution in [0.1, 0.15) is 28.8 Å². The molecule has 1 aliphatic rings. The molecular formula is C16H20N2S. The SMILES string of the molecule is Cc1c(N)cccc1CN(Cc1cccs1)C1CC1. The first kappa shape index (κ1) is 12.7. The topological polar surface area (TPSA) is 29.3 Å². The number of hydrogen-bond acceptors (Lipinski definition) is 3. The number of rotatable bonds is 5. The summed E-state index contributed by atoms with van der Waals surface area (Å²) in [7, 11) is 0. The molecule has 0 unspecified atom stereocenters. The second kappa shape index (κ2) is 5.35. The maximum atomic E-state index is 6.01. The summed E-state index contributed by atoms with van der Waals surface area (Å²) in [6.07, 6.45) is 2.68. The number of anilines is 1. The van der Waals surface area contributed by atoms with Crippen molar-refractivity contribution >= 4 is 17.0 Å². The molecular weight excluding hydrogens is 252 g/mol. The molecule has 0 atom stereocenters. The number of benzene rings is 1. The summed E-state index contributed by atoms with van der Waals surface area (Å²) >= 11 is 1.85. The van der Waals surface area contributed by atoms with Crippen LogP contribution >= 0.6 is 11.3 Å². The van der Waals surface area contributed by atoms with Gasteiger partial charge in [0.05, 0.1) is 0 Å². The molecule has 1 fully saturated rings. The second-order valence-electron chi connectivity index (χ2n) is 5.35. The van der Waals surface area contributed by atoms with Gasteiger partial charge in [-0.25, -0.2) is 0 Å². The predicted molar refractivity (Wildman–Crippen MR) is 82.2 cm³/mol. The first-order valence-corrected chi connectivity index (χ1v) is 7.72. The van der Waals surface area contributed by atoms with Crippen LogP contribution in [0.2, 0.25) is 0 Å². The average Bonchev–Trinajstić information content (AvgIpc) is 3.13. The minimum Gasteiger partial charge on any atom is -0.399 e. The maximum absolute atomic E-state index is 6.01. The van der Waals surface area contributed by atoms with E-state index in [1.807, 2.05) is 17.4 Å². The molecule has 1 saturated carbocycles. The fraction of sp³-hybridized carbons (Fsp3) is 0.375. The van der Waals surface area contributed by atoms with Gasteiger partial charge in [-0.1, -0.05) is 18.2 Å². The molecule has 0 saturated heterocycles. The Kier molecular flexibility index (Phi) is 3.58. The van der Waals surface area contributed by atoms with Gasteiger partial charge in [-0.15, -0.1) is 11.3 Å². The molecule has 0 amide bonds. The maximum Gasteiger partial charge on any atom is 0.0346 e. The molecule has 2 N–H and O–H groups in total. The molecule has 0 spiro atoms. The van der Waals surface area contributed by atoms with Crippen molar-refractivity contribution in [3.63, 3.8) is 0 Å². The van der Waals surface area contributed by atoms with Gasteiger partial charge in [-0.3, -0.25) is 4.90 Å². The van der Waals surface area contributed by atoms with Crippen LogP contribution < -0.4 is 5.73 Å². The lowest BCUT2D eigenvalue weighted by Gasteiger charge is -2.22. The Balaban J connectivity index is 1.76. The predicted octanol–water partition coefficient (Wildman–Crippen LogP) is 3.80. The Morgan fingerprint density at radius 3 is 2.74 bits per heavy atom. The average molecular weight is 272 g/mol. The van der Waals surface area contributed by atoms with Gasteiger partial charge in [0.1, 0.15) is 0 Å². The van der Waals surface area contributed by atoms with E-state index in [0.717, 1.165) is 24.8 Å². The fourth-order valence-electron chi connectivity index (χ4n) is 2.45. The minimum atomic E-state index is 0.767. The van der Waals surface area contributed by atoms with Gasteiger partial charge in [0.15, 0.2) is 0 Å². The highest BCUT2D eigenvalue weighted by molar-refractivity contribution is 7.09. The standard InChI is InChI=1S/C16H20N2S/c1-12-13(4-2-6-16(12)17)10-18(14-7-8-14)11-15-5-3-9-19-15/h2-6,9,14H,7-8,10-11,17H2,1H3. The number of nitrogens with zero attached hydrogens (tertiary/aromatic N) is 1. The van der Waals surface area contributed by atoms with E-state index in [1.165, 1.54) is 28.8 Å². The van der Waals surface area contributed by atoms with Crippen molar-refractivity contribution in [2.75, 3.05) is 5.73 Å². The van der Waals surface area contributed by atoms with E-state index >= 15 is 0 Å². The molecule has 2 nitrogen and oxygen atoms in total. The molecule has 0 aliphatic heterocycles. The Bertz CT molecular complexity index is 544. The highest BCUT2D eigenvalue weighted by Crippen LogP contribution is 2.31. The minimum absolute atomic E-state index is 0.767. The fourth-order valence-corrected chi connectivity index (χ4v) is 3.18. The lowest BCUT2D eigenvalue weighted by molar-refractivity contribution is 0.247. The molecule has 1 aromatic heterocycles. The van der Waals surface area contributed by atoms with Crippen molar-refractivity contribution in [2.24, 2.45) is 0 Å². The summed E-state index contributed by atoms with van der Waals surface area (Å²) in [5.74, 6) is 0. The number of hydrogen-bond donors (Lipinski definition) is 1. The Labute approximate surface area is 118 Å². The van der Waals surface area contributed by atoms with E-state index in [2.05, 4.69) is 41.5 Å². The van der Waals surface area contributed by atoms with Crippen molar-refractivity contribution in [2.45, 2.75) is 38.9 Å². The van der Waals surface area contributed by atoms with Crippen LogP contribution in [0.4, 0.5) is 5.69 Å². The van der Waals surface area contributed by atoms with Gasteiger partial charge in [-0.2, -0.15) is 0 Å². The van der Waals surface area contributed by atoms with Gasteiger partial charge in [-0.05, 0) is 48.4 Å². The van der Waals surface area contributed by atoms with E-state index < -0.39 is 0 Å².